The molecule has 0 aliphatic carbocycles. The number of rotatable bonds is 1. The lowest BCUT2D eigenvalue weighted by Crippen LogP contribution is -2.26. The van der Waals surface area contributed by atoms with Crippen LogP contribution in [0.3, 0.4) is 0 Å². The van der Waals surface area contributed by atoms with Gasteiger partial charge in [-0.05, 0) is 6.42 Å². The highest BCUT2D eigenvalue weighted by Gasteiger charge is 2.23. The zero-order valence-electron chi connectivity index (χ0n) is 9.75. The Kier molecular flexibility index (Phi) is 2.46. The number of aromatic nitrogens is 2. The van der Waals surface area contributed by atoms with Gasteiger partial charge in [-0.3, -0.25) is 5.10 Å². The first-order valence-corrected chi connectivity index (χ1v) is 5.53. The van der Waals surface area contributed by atoms with E-state index >= 15 is 0 Å². The monoisotopic (exact) mass is 208 g/mol. The summed E-state index contributed by atoms with van der Waals surface area (Å²) in [6.45, 7) is 8.49. The molecule has 0 saturated carbocycles. The number of nitrogens with two attached hydrogens (primary N) is 1. The third-order valence-corrected chi connectivity index (χ3v) is 2.92. The van der Waals surface area contributed by atoms with E-state index in [4.69, 9.17) is 5.73 Å². The van der Waals surface area contributed by atoms with Crippen molar-refractivity contribution in [1.29, 1.82) is 0 Å². The minimum atomic E-state index is 0.132. The summed E-state index contributed by atoms with van der Waals surface area (Å²) in [6, 6.07) is 2.44. The van der Waals surface area contributed by atoms with Gasteiger partial charge in [0.2, 0.25) is 0 Å². The van der Waals surface area contributed by atoms with Crippen molar-refractivity contribution >= 4 is 5.82 Å². The lowest BCUT2D eigenvalue weighted by atomic mass is 9.92. The maximum Gasteiger partial charge on any atom is 0.150 e. The average Bonchev–Trinajstić information content (AvgIpc) is 2.69. The predicted molar refractivity (Wildman–Crippen MR) is 62.1 cm³/mol. The second kappa shape index (κ2) is 3.52. The fourth-order valence-electron chi connectivity index (χ4n) is 1.85. The average molecular weight is 208 g/mol. The second-order valence-electron chi connectivity index (χ2n) is 5.38. The number of hydrogen-bond acceptors (Lipinski definition) is 3. The largest absolute Gasteiger partial charge is 0.354 e. The number of nitrogens with zero attached hydrogens (tertiary/aromatic N) is 2. The van der Waals surface area contributed by atoms with Crippen LogP contribution in [0.15, 0.2) is 6.07 Å². The molecule has 2 heterocycles. The number of hydrogen-bond donors (Lipinski definition) is 2. The SMILES string of the molecule is CC(C)(C)c1cc(N2CC[C@@H](N)C2)n[nH]1. The molecule has 4 heteroatoms. The molecule has 0 bridgehead atoms. The molecule has 1 atom stereocenters. The summed E-state index contributed by atoms with van der Waals surface area (Å²) in [5.41, 5.74) is 7.19. The topological polar surface area (TPSA) is 57.9 Å². The summed E-state index contributed by atoms with van der Waals surface area (Å²) >= 11 is 0. The molecule has 1 fully saturated rings. The summed E-state index contributed by atoms with van der Waals surface area (Å²) in [7, 11) is 0. The second-order valence-corrected chi connectivity index (χ2v) is 5.38. The molecule has 1 aliphatic heterocycles. The Hall–Kier alpha value is -1.03. The molecule has 0 radical (unpaired) electrons. The fraction of sp³-hybridized carbons (Fsp3) is 0.727. The Morgan fingerprint density at radius 2 is 2.27 bits per heavy atom. The van der Waals surface area contributed by atoms with Crippen molar-refractivity contribution in [2.24, 2.45) is 5.73 Å². The maximum absolute atomic E-state index is 5.88. The Balaban J connectivity index is 2.14. The smallest absolute Gasteiger partial charge is 0.150 e. The van der Waals surface area contributed by atoms with Crippen molar-refractivity contribution in [3.63, 3.8) is 0 Å². The van der Waals surface area contributed by atoms with E-state index in [0.29, 0.717) is 6.04 Å². The van der Waals surface area contributed by atoms with E-state index in [1.54, 1.807) is 0 Å². The van der Waals surface area contributed by atoms with Crippen LogP contribution in [0, 0.1) is 0 Å². The molecule has 0 unspecified atom stereocenters. The molecular weight excluding hydrogens is 188 g/mol. The van der Waals surface area contributed by atoms with Crippen LogP contribution in [0.4, 0.5) is 5.82 Å². The fourth-order valence-corrected chi connectivity index (χ4v) is 1.85. The van der Waals surface area contributed by atoms with E-state index < -0.39 is 0 Å². The number of H-pyrrole nitrogens is 1. The third-order valence-electron chi connectivity index (χ3n) is 2.92. The van der Waals surface area contributed by atoms with Gasteiger partial charge in [-0.2, -0.15) is 5.10 Å². The first-order valence-electron chi connectivity index (χ1n) is 5.53. The summed E-state index contributed by atoms with van der Waals surface area (Å²) in [5, 5.41) is 7.45. The molecule has 1 aromatic rings. The predicted octanol–water partition coefficient (Wildman–Crippen LogP) is 1.24. The lowest BCUT2D eigenvalue weighted by Gasteiger charge is -2.16. The quantitative estimate of drug-likeness (QED) is 0.730. The molecule has 84 valence electrons. The molecule has 0 aromatic carbocycles. The van der Waals surface area contributed by atoms with Crippen LogP contribution in [0.2, 0.25) is 0 Å². The van der Waals surface area contributed by atoms with Crippen molar-refractivity contribution < 1.29 is 0 Å². The Morgan fingerprint density at radius 1 is 1.53 bits per heavy atom. The van der Waals surface area contributed by atoms with Crippen molar-refractivity contribution in [3.05, 3.63) is 11.8 Å². The first-order chi connectivity index (χ1) is 6.97. The van der Waals surface area contributed by atoms with Gasteiger partial charge in [0.25, 0.3) is 0 Å². The zero-order chi connectivity index (χ0) is 11.1. The summed E-state index contributed by atoms with van der Waals surface area (Å²) in [6.07, 6.45) is 1.07. The van der Waals surface area contributed by atoms with Gasteiger partial charge < -0.3 is 10.6 Å². The van der Waals surface area contributed by atoms with Crippen LogP contribution in [0.25, 0.3) is 0 Å². The summed E-state index contributed by atoms with van der Waals surface area (Å²) < 4.78 is 0. The van der Waals surface area contributed by atoms with Gasteiger partial charge in [0.1, 0.15) is 0 Å². The Bertz CT molecular complexity index is 337. The van der Waals surface area contributed by atoms with Gasteiger partial charge in [-0.15, -0.1) is 0 Å². The van der Waals surface area contributed by atoms with E-state index in [0.717, 1.165) is 25.3 Å². The Morgan fingerprint density at radius 3 is 2.73 bits per heavy atom. The highest BCUT2D eigenvalue weighted by molar-refractivity contribution is 5.42. The van der Waals surface area contributed by atoms with Crippen molar-refractivity contribution in [1.82, 2.24) is 10.2 Å². The van der Waals surface area contributed by atoms with E-state index in [2.05, 4.69) is 41.9 Å². The number of anilines is 1. The summed E-state index contributed by atoms with van der Waals surface area (Å²) in [5.74, 6) is 1.04. The maximum atomic E-state index is 5.88. The van der Waals surface area contributed by atoms with Crippen molar-refractivity contribution in [2.45, 2.75) is 38.6 Å². The van der Waals surface area contributed by atoms with Crippen LogP contribution in [0.5, 0.6) is 0 Å². The van der Waals surface area contributed by atoms with E-state index in [1.807, 2.05) is 0 Å². The van der Waals surface area contributed by atoms with Crippen molar-refractivity contribution in [2.75, 3.05) is 18.0 Å². The molecule has 1 aromatic heterocycles. The van der Waals surface area contributed by atoms with Gasteiger partial charge in [0, 0.05) is 36.3 Å². The van der Waals surface area contributed by atoms with Crippen LogP contribution in [-0.4, -0.2) is 29.3 Å². The lowest BCUT2D eigenvalue weighted by molar-refractivity contribution is 0.567. The molecular formula is C11H20N4. The van der Waals surface area contributed by atoms with Crippen molar-refractivity contribution in [3.8, 4) is 0 Å². The van der Waals surface area contributed by atoms with Crippen LogP contribution in [-0.2, 0) is 5.41 Å². The van der Waals surface area contributed by atoms with Gasteiger partial charge in [-0.1, -0.05) is 20.8 Å². The van der Waals surface area contributed by atoms with E-state index in [9.17, 15) is 0 Å². The Labute approximate surface area is 90.8 Å². The molecule has 2 rings (SSSR count). The molecule has 15 heavy (non-hydrogen) atoms. The van der Waals surface area contributed by atoms with Crippen LogP contribution >= 0.6 is 0 Å². The van der Waals surface area contributed by atoms with Crippen LogP contribution in [0.1, 0.15) is 32.9 Å². The molecule has 0 spiro atoms. The highest BCUT2D eigenvalue weighted by Crippen LogP contribution is 2.25. The summed E-state index contributed by atoms with van der Waals surface area (Å²) in [4.78, 5) is 2.25. The number of nitrogens with one attached hydrogen (secondary N) is 1. The molecule has 0 amide bonds. The van der Waals surface area contributed by atoms with Gasteiger partial charge in [-0.25, -0.2) is 0 Å². The van der Waals surface area contributed by atoms with E-state index in [1.165, 1.54) is 5.69 Å². The normalized spacial score (nSPS) is 22.4. The van der Waals surface area contributed by atoms with Gasteiger partial charge in [0.05, 0.1) is 0 Å². The van der Waals surface area contributed by atoms with Gasteiger partial charge >= 0.3 is 0 Å². The van der Waals surface area contributed by atoms with Gasteiger partial charge in [0.15, 0.2) is 5.82 Å². The highest BCUT2D eigenvalue weighted by atomic mass is 15.3. The van der Waals surface area contributed by atoms with E-state index in [-0.39, 0.29) is 5.41 Å². The van der Waals surface area contributed by atoms with Crippen LogP contribution < -0.4 is 10.6 Å². The minimum Gasteiger partial charge on any atom is -0.354 e. The third kappa shape index (κ3) is 2.15. The minimum absolute atomic E-state index is 0.132. The molecule has 3 N–H and O–H groups in total. The first kappa shape index (κ1) is 10.5. The molecule has 1 aliphatic rings. The molecule has 1 saturated heterocycles. The number of aromatic amines is 1. The zero-order valence-corrected chi connectivity index (χ0v) is 9.75. The molecule has 4 nitrogen and oxygen atoms in total. The standard InChI is InChI=1S/C11H20N4/c1-11(2,3)9-6-10(14-13-9)15-5-4-8(12)7-15/h6,8H,4-5,7,12H2,1-3H3,(H,13,14)/t8-/m1/s1.